The molecule has 45 heavy (non-hydrogen) atoms. The van der Waals surface area contributed by atoms with E-state index in [1.807, 2.05) is 0 Å². The van der Waals surface area contributed by atoms with Gasteiger partial charge in [-0.25, -0.2) is 32.6 Å². The number of thiazole rings is 1. The molecule has 2 heterocycles. The summed E-state index contributed by atoms with van der Waals surface area (Å²) in [6.07, 6.45) is 2.95. The Morgan fingerprint density at radius 3 is 2.62 bits per heavy atom. The van der Waals surface area contributed by atoms with Gasteiger partial charge in [0.15, 0.2) is 5.69 Å². The van der Waals surface area contributed by atoms with Gasteiger partial charge in [-0.2, -0.15) is 5.10 Å². The van der Waals surface area contributed by atoms with Gasteiger partial charge in [0.05, 0.1) is 30.0 Å². The Kier molecular flexibility index (Phi) is 8.88. The molecule has 6 rings (SSSR count). The Morgan fingerprint density at radius 1 is 1.09 bits per heavy atom. The van der Waals surface area contributed by atoms with Crippen molar-refractivity contribution in [3.05, 3.63) is 100 Å². The van der Waals surface area contributed by atoms with Gasteiger partial charge in [-0.3, -0.25) is 0 Å². The van der Waals surface area contributed by atoms with E-state index in [9.17, 15) is 9.00 Å². The van der Waals surface area contributed by atoms with E-state index < -0.39 is 28.6 Å². The number of hydrogen-bond acceptors (Lipinski definition) is 7. The molecule has 5 aromatic rings. The normalized spacial score (nSPS) is 13.5. The number of benzene rings is 3. The van der Waals surface area contributed by atoms with Crippen LogP contribution in [0.2, 0.25) is 0 Å². The summed E-state index contributed by atoms with van der Waals surface area (Å²) < 4.78 is 54.7. The number of hydrogen-bond donors (Lipinski definition) is 1. The highest BCUT2D eigenvalue weighted by molar-refractivity contribution is 7.82. The summed E-state index contributed by atoms with van der Waals surface area (Å²) in [6.45, 7) is 1.93. The molecule has 0 spiro atoms. The molecule has 2 aromatic heterocycles. The molecule has 3 aromatic carbocycles. The summed E-state index contributed by atoms with van der Waals surface area (Å²) in [5.41, 5.74) is 4.23. The van der Waals surface area contributed by atoms with Crippen LogP contribution in [0.1, 0.15) is 47.1 Å². The number of rotatable bonds is 11. The zero-order valence-electron chi connectivity index (χ0n) is 24.6. The number of halogens is 2. The predicted molar refractivity (Wildman–Crippen MR) is 169 cm³/mol. The molecule has 1 fully saturated rings. The van der Waals surface area contributed by atoms with E-state index >= 15 is 8.78 Å². The SMILES string of the molecule is CCOC(=O)c1csc(-n2nc(CC3CC3)c(Cc3ccc(S(N)=O)cc3F)c2-c2ccc(F)c(-c3cccc(OC)c3)c2)n1. The standard InChI is InChI=1S/C33H30F2N4O4S2/c1-3-43-32(40)30-18-44-33(37-30)39-31(22-10-12-27(34)25(16-22)20-5-4-6-23(14-20)42-2)26(29(38-39)13-19-7-8-19)15-21-9-11-24(45(36)41)17-28(21)35/h4-6,9-12,14,16-19H,3,7-8,13,15,36H2,1-2H3. The molecule has 1 unspecified atom stereocenters. The molecule has 0 bridgehead atoms. The van der Waals surface area contributed by atoms with Gasteiger partial charge in [0.25, 0.3) is 0 Å². The first-order chi connectivity index (χ1) is 21.7. The van der Waals surface area contributed by atoms with E-state index in [2.05, 4.69) is 4.98 Å². The van der Waals surface area contributed by atoms with Crippen molar-refractivity contribution in [2.75, 3.05) is 13.7 Å². The summed E-state index contributed by atoms with van der Waals surface area (Å²) >= 11 is 1.22. The zero-order valence-corrected chi connectivity index (χ0v) is 26.2. The van der Waals surface area contributed by atoms with Crippen LogP contribution in [0.4, 0.5) is 8.78 Å². The number of ether oxygens (including phenoxy) is 2. The van der Waals surface area contributed by atoms with E-state index in [4.69, 9.17) is 19.7 Å². The molecule has 1 aliphatic carbocycles. The van der Waals surface area contributed by atoms with Gasteiger partial charge in [0.2, 0.25) is 5.13 Å². The van der Waals surface area contributed by atoms with Gasteiger partial charge in [0.1, 0.15) is 28.4 Å². The molecule has 8 nitrogen and oxygen atoms in total. The summed E-state index contributed by atoms with van der Waals surface area (Å²) in [7, 11) is -0.278. The van der Waals surface area contributed by atoms with Crippen LogP contribution in [-0.4, -0.2) is 38.7 Å². The highest BCUT2D eigenvalue weighted by atomic mass is 32.2. The van der Waals surface area contributed by atoms with E-state index in [1.165, 1.54) is 23.5 Å². The summed E-state index contributed by atoms with van der Waals surface area (Å²) in [5.74, 6) is -0.487. The zero-order chi connectivity index (χ0) is 31.7. The number of nitrogens with zero attached hydrogens (tertiary/aromatic N) is 3. The largest absolute Gasteiger partial charge is 0.497 e. The van der Waals surface area contributed by atoms with Crippen LogP contribution >= 0.6 is 11.3 Å². The fourth-order valence-corrected chi connectivity index (χ4v) is 6.38. The van der Waals surface area contributed by atoms with Crippen LogP contribution in [0.15, 0.2) is 70.9 Å². The molecule has 0 radical (unpaired) electrons. The number of esters is 1. The topological polar surface area (TPSA) is 109 Å². The van der Waals surface area contributed by atoms with Crippen molar-refractivity contribution in [2.24, 2.45) is 11.1 Å². The lowest BCUT2D eigenvalue weighted by Crippen LogP contribution is -2.06. The first-order valence-electron chi connectivity index (χ1n) is 14.4. The van der Waals surface area contributed by atoms with Gasteiger partial charge < -0.3 is 9.47 Å². The predicted octanol–water partition coefficient (Wildman–Crippen LogP) is 6.65. The van der Waals surface area contributed by atoms with Gasteiger partial charge >= 0.3 is 5.97 Å². The summed E-state index contributed by atoms with van der Waals surface area (Å²) in [4.78, 5) is 17.2. The molecule has 0 aliphatic heterocycles. The maximum Gasteiger partial charge on any atom is 0.357 e. The first-order valence-corrected chi connectivity index (χ1v) is 16.5. The minimum Gasteiger partial charge on any atom is -0.497 e. The quantitative estimate of drug-likeness (QED) is 0.161. The van der Waals surface area contributed by atoms with Crippen molar-refractivity contribution in [3.8, 4) is 33.3 Å². The Bertz CT molecular complexity index is 1920. The number of nitrogens with two attached hydrogens (primary N) is 1. The summed E-state index contributed by atoms with van der Waals surface area (Å²) in [6, 6.07) is 16.2. The molecule has 12 heteroatoms. The molecule has 1 aliphatic rings. The minimum atomic E-state index is -1.83. The molecule has 0 saturated heterocycles. The Labute approximate surface area is 265 Å². The van der Waals surface area contributed by atoms with Crippen molar-refractivity contribution in [1.29, 1.82) is 0 Å². The number of aromatic nitrogens is 3. The van der Waals surface area contributed by atoms with Crippen molar-refractivity contribution in [3.63, 3.8) is 0 Å². The second-order valence-electron chi connectivity index (χ2n) is 10.7. The van der Waals surface area contributed by atoms with Crippen LogP contribution < -0.4 is 9.88 Å². The second kappa shape index (κ2) is 13.0. The Morgan fingerprint density at radius 2 is 1.91 bits per heavy atom. The van der Waals surface area contributed by atoms with E-state index in [1.54, 1.807) is 72.6 Å². The van der Waals surface area contributed by atoms with Crippen molar-refractivity contribution in [2.45, 2.75) is 37.5 Å². The van der Waals surface area contributed by atoms with E-state index in [0.717, 1.165) is 24.1 Å². The van der Waals surface area contributed by atoms with Gasteiger partial charge in [-0.15, -0.1) is 11.3 Å². The fourth-order valence-electron chi connectivity index (χ4n) is 5.21. The third-order valence-electron chi connectivity index (χ3n) is 7.65. The average Bonchev–Trinajstić information content (AvgIpc) is 3.59. The number of carbonyl (C=O) groups is 1. The maximum absolute atomic E-state index is 15.4. The van der Waals surface area contributed by atoms with Crippen molar-refractivity contribution < 1.29 is 27.3 Å². The van der Waals surface area contributed by atoms with Crippen LogP contribution in [0.5, 0.6) is 5.75 Å². The van der Waals surface area contributed by atoms with Gasteiger partial charge in [0, 0.05) is 28.5 Å². The molecule has 0 amide bonds. The Balaban J connectivity index is 1.55. The Hall–Kier alpha value is -4.26. The molecule has 2 N–H and O–H groups in total. The first kappa shape index (κ1) is 30.8. The number of carbonyl (C=O) groups excluding carboxylic acids is 1. The molecular weight excluding hydrogens is 619 g/mol. The van der Waals surface area contributed by atoms with Crippen LogP contribution in [0, 0.1) is 17.6 Å². The van der Waals surface area contributed by atoms with Gasteiger partial charge in [-0.1, -0.05) is 18.2 Å². The molecule has 1 atom stereocenters. The molecule has 232 valence electrons. The number of methoxy groups -OCH3 is 1. The fraction of sp³-hybridized carbons (Fsp3) is 0.242. The second-order valence-corrected chi connectivity index (χ2v) is 12.6. The highest BCUT2D eigenvalue weighted by Crippen LogP contribution is 2.39. The minimum absolute atomic E-state index is 0.149. The lowest BCUT2D eigenvalue weighted by Gasteiger charge is -2.13. The van der Waals surface area contributed by atoms with Crippen molar-refractivity contribution >= 4 is 28.3 Å². The van der Waals surface area contributed by atoms with Crippen LogP contribution in [0.3, 0.4) is 0 Å². The third kappa shape index (κ3) is 6.58. The lowest BCUT2D eigenvalue weighted by atomic mass is 9.94. The lowest BCUT2D eigenvalue weighted by molar-refractivity contribution is 0.0520. The van der Waals surface area contributed by atoms with Crippen molar-refractivity contribution in [1.82, 2.24) is 14.8 Å². The third-order valence-corrected chi connectivity index (χ3v) is 9.18. The summed E-state index contributed by atoms with van der Waals surface area (Å²) in [5, 5.41) is 12.5. The molecule has 1 saturated carbocycles. The maximum atomic E-state index is 15.4. The monoisotopic (exact) mass is 648 g/mol. The molecular formula is C33H30F2N4O4S2. The van der Waals surface area contributed by atoms with Crippen LogP contribution in [0.25, 0.3) is 27.5 Å². The average molecular weight is 649 g/mol. The van der Waals surface area contributed by atoms with E-state index in [-0.39, 0.29) is 23.6 Å². The van der Waals surface area contributed by atoms with E-state index in [0.29, 0.717) is 51.2 Å². The highest BCUT2D eigenvalue weighted by Gasteiger charge is 2.29. The van der Waals surface area contributed by atoms with Crippen LogP contribution in [-0.2, 0) is 28.6 Å². The smallest absolute Gasteiger partial charge is 0.357 e. The van der Waals surface area contributed by atoms with Gasteiger partial charge in [-0.05, 0) is 85.7 Å².